The highest BCUT2D eigenvalue weighted by molar-refractivity contribution is 7.92. The molecule has 1 atom stereocenters. The first-order valence-corrected chi connectivity index (χ1v) is 14.4. The van der Waals surface area contributed by atoms with Gasteiger partial charge in [0.1, 0.15) is 6.04 Å². The lowest BCUT2D eigenvalue weighted by molar-refractivity contribution is -0.140. The van der Waals surface area contributed by atoms with Crippen LogP contribution in [0.25, 0.3) is 0 Å². The normalized spacial score (nSPS) is 12.6. The molecule has 2 rings (SSSR count). The maximum absolute atomic E-state index is 13.3. The molecule has 1 N–H and O–H groups in total. The minimum Gasteiger partial charge on any atom is -0.350 e. The Bertz CT molecular complexity index is 1150. The summed E-state index contributed by atoms with van der Waals surface area (Å²) in [5.74, 6) is -0.472. The van der Waals surface area contributed by atoms with E-state index in [0.717, 1.165) is 16.1 Å². The van der Waals surface area contributed by atoms with E-state index in [1.807, 2.05) is 51.1 Å². The summed E-state index contributed by atoms with van der Waals surface area (Å²) in [5, 5.41) is 3.53. The Balaban J connectivity index is 2.16. The molecule has 2 aromatic carbocycles. The first-order chi connectivity index (χ1) is 16.7. The van der Waals surface area contributed by atoms with Crippen molar-refractivity contribution in [3.8, 4) is 0 Å². The lowest BCUT2D eigenvalue weighted by atomic mass is 10.1. The molecule has 7 nitrogen and oxygen atoms in total. The number of hydrogen-bond acceptors (Lipinski definition) is 4. The Morgan fingerprint density at radius 2 is 1.67 bits per heavy atom. The lowest BCUT2D eigenvalue weighted by Crippen LogP contribution is -2.53. The quantitative estimate of drug-likeness (QED) is 0.426. The zero-order valence-electron chi connectivity index (χ0n) is 21.4. The predicted molar refractivity (Wildman–Crippen MR) is 147 cm³/mol. The average Bonchev–Trinajstić information content (AvgIpc) is 2.77. The fraction of sp³-hybridized carbons (Fsp3) is 0.462. The summed E-state index contributed by atoms with van der Waals surface area (Å²) >= 11 is 12.3. The third-order valence-electron chi connectivity index (χ3n) is 5.48. The predicted octanol–water partition coefficient (Wildman–Crippen LogP) is 4.91. The van der Waals surface area contributed by atoms with Crippen molar-refractivity contribution in [1.29, 1.82) is 0 Å². The van der Waals surface area contributed by atoms with E-state index in [9.17, 15) is 18.0 Å². The van der Waals surface area contributed by atoms with Gasteiger partial charge in [0.05, 0.1) is 17.0 Å². The molecule has 2 aromatic rings. The number of nitrogens with zero attached hydrogens (tertiary/aromatic N) is 2. The van der Waals surface area contributed by atoms with Gasteiger partial charge < -0.3 is 10.2 Å². The third kappa shape index (κ3) is 9.30. The molecule has 0 bridgehead atoms. The smallest absolute Gasteiger partial charge is 0.242 e. The number of carbonyl (C=O) groups is 2. The maximum atomic E-state index is 13.3. The third-order valence-corrected chi connectivity index (χ3v) is 7.21. The number of anilines is 1. The summed E-state index contributed by atoms with van der Waals surface area (Å²) in [6.07, 6.45) is 1.97. The summed E-state index contributed by atoms with van der Waals surface area (Å²) in [7, 11) is -3.67. The van der Waals surface area contributed by atoms with Crippen LogP contribution in [-0.2, 0) is 26.0 Å². The second kappa shape index (κ2) is 12.8. The zero-order chi connectivity index (χ0) is 27.1. The molecule has 0 spiro atoms. The van der Waals surface area contributed by atoms with Crippen molar-refractivity contribution in [3.63, 3.8) is 0 Å². The van der Waals surface area contributed by atoms with E-state index >= 15 is 0 Å². The number of rotatable bonds is 11. The van der Waals surface area contributed by atoms with E-state index in [1.54, 1.807) is 17.9 Å². The fourth-order valence-electron chi connectivity index (χ4n) is 3.70. The molecule has 10 heteroatoms. The van der Waals surface area contributed by atoms with E-state index in [2.05, 4.69) is 5.32 Å². The first kappa shape index (κ1) is 29.9. The second-order valence-electron chi connectivity index (χ2n) is 9.77. The average molecular weight is 557 g/mol. The molecular weight excluding hydrogens is 521 g/mol. The van der Waals surface area contributed by atoms with Crippen LogP contribution in [0.5, 0.6) is 0 Å². The van der Waals surface area contributed by atoms with Gasteiger partial charge in [-0.15, -0.1) is 0 Å². The van der Waals surface area contributed by atoms with Crippen molar-refractivity contribution in [3.05, 3.63) is 64.1 Å². The molecule has 0 aliphatic heterocycles. The van der Waals surface area contributed by atoms with Gasteiger partial charge in [0.2, 0.25) is 21.8 Å². The van der Waals surface area contributed by atoms with E-state index in [1.165, 1.54) is 12.1 Å². The van der Waals surface area contributed by atoms with Crippen LogP contribution in [0.2, 0.25) is 10.0 Å². The minimum absolute atomic E-state index is 0.0414. The Kier molecular flexibility index (Phi) is 10.6. The number of carbonyl (C=O) groups excluding carboxylic acids is 2. The van der Waals surface area contributed by atoms with E-state index < -0.39 is 21.6 Å². The van der Waals surface area contributed by atoms with Gasteiger partial charge in [-0.1, -0.05) is 53.5 Å². The van der Waals surface area contributed by atoms with Gasteiger partial charge in [0.25, 0.3) is 0 Å². The molecule has 2 amide bonds. The summed E-state index contributed by atoms with van der Waals surface area (Å²) < 4.78 is 26.1. The van der Waals surface area contributed by atoms with Crippen LogP contribution in [0, 0.1) is 0 Å². The van der Waals surface area contributed by atoms with Crippen LogP contribution >= 0.6 is 23.2 Å². The van der Waals surface area contributed by atoms with Crippen LogP contribution in [0.4, 0.5) is 5.69 Å². The molecule has 1 unspecified atom stereocenters. The van der Waals surface area contributed by atoms with E-state index in [0.29, 0.717) is 18.0 Å². The molecule has 0 saturated carbocycles. The highest BCUT2D eigenvalue weighted by Crippen LogP contribution is 2.31. The van der Waals surface area contributed by atoms with Gasteiger partial charge in [-0.2, -0.15) is 0 Å². The van der Waals surface area contributed by atoms with Gasteiger partial charge >= 0.3 is 0 Å². The summed E-state index contributed by atoms with van der Waals surface area (Å²) in [5.41, 5.74) is 0.877. The van der Waals surface area contributed by atoms with Crippen LogP contribution in [0.1, 0.15) is 46.1 Å². The Hall–Kier alpha value is -2.29. The molecule has 198 valence electrons. The highest BCUT2D eigenvalue weighted by atomic mass is 35.5. The van der Waals surface area contributed by atoms with Crippen molar-refractivity contribution >= 4 is 50.7 Å². The number of amides is 2. The summed E-state index contributed by atoms with van der Waals surface area (Å²) in [6, 6.07) is 13.6. The Morgan fingerprint density at radius 3 is 2.25 bits per heavy atom. The largest absolute Gasteiger partial charge is 0.350 e. The number of nitrogens with one attached hydrogen (secondary N) is 1. The lowest BCUT2D eigenvalue weighted by Gasteiger charge is -2.32. The van der Waals surface area contributed by atoms with Gasteiger partial charge in [0.15, 0.2) is 0 Å². The van der Waals surface area contributed by atoms with Crippen molar-refractivity contribution in [1.82, 2.24) is 10.2 Å². The van der Waals surface area contributed by atoms with Gasteiger partial charge in [0, 0.05) is 30.1 Å². The monoisotopic (exact) mass is 555 g/mol. The Labute approximate surface area is 224 Å². The first-order valence-electron chi connectivity index (χ1n) is 11.8. The van der Waals surface area contributed by atoms with Crippen LogP contribution < -0.4 is 9.62 Å². The molecule has 0 aliphatic carbocycles. The van der Waals surface area contributed by atoms with Crippen LogP contribution in [0.3, 0.4) is 0 Å². The molecule has 0 fully saturated rings. The van der Waals surface area contributed by atoms with E-state index in [4.69, 9.17) is 23.2 Å². The topological polar surface area (TPSA) is 86.8 Å². The molecular formula is C26H35Cl2N3O4S. The van der Waals surface area contributed by atoms with E-state index in [-0.39, 0.29) is 41.9 Å². The Morgan fingerprint density at radius 1 is 1.03 bits per heavy atom. The van der Waals surface area contributed by atoms with Crippen molar-refractivity contribution in [2.24, 2.45) is 0 Å². The maximum Gasteiger partial charge on any atom is 0.242 e. The van der Waals surface area contributed by atoms with Crippen molar-refractivity contribution in [2.45, 2.75) is 58.5 Å². The molecule has 0 heterocycles. The van der Waals surface area contributed by atoms with Gasteiger partial charge in [-0.3, -0.25) is 13.9 Å². The van der Waals surface area contributed by atoms with Crippen molar-refractivity contribution in [2.75, 3.05) is 23.7 Å². The fourth-order valence-corrected chi connectivity index (χ4v) is 5.11. The summed E-state index contributed by atoms with van der Waals surface area (Å²) in [4.78, 5) is 27.7. The van der Waals surface area contributed by atoms with Crippen LogP contribution in [0.15, 0.2) is 48.5 Å². The molecule has 0 aliphatic rings. The van der Waals surface area contributed by atoms with Crippen molar-refractivity contribution < 1.29 is 18.0 Å². The number of halogens is 2. The standard InChI is InChI=1S/C26H35Cl2N3O4S/c1-19(25(33)29-26(2,3)4)30(17-15-20-10-7-6-8-11-20)24(32)12-9-16-31(36(5,34)35)23-18-21(27)13-14-22(23)28/h6-8,10-11,13-14,18-19H,9,12,15-17H2,1-5H3,(H,29,33). The number of sulfonamides is 1. The second-order valence-corrected chi connectivity index (χ2v) is 12.5. The summed E-state index contributed by atoms with van der Waals surface area (Å²) in [6.45, 7) is 7.76. The molecule has 0 saturated heterocycles. The van der Waals surface area contributed by atoms with Gasteiger partial charge in [-0.25, -0.2) is 8.42 Å². The molecule has 0 aromatic heterocycles. The minimum atomic E-state index is -3.67. The SMILES string of the molecule is CC(C(=O)NC(C)(C)C)N(CCc1ccccc1)C(=O)CCCN(c1cc(Cl)ccc1Cl)S(C)(=O)=O. The molecule has 36 heavy (non-hydrogen) atoms. The molecule has 0 radical (unpaired) electrons. The van der Waals surface area contributed by atoms with Crippen LogP contribution in [-0.4, -0.2) is 56.1 Å². The highest BCUT2D eigenvalue weighted by Gasteiger charge is 2.28. The number of hydrogen-bond donors (Lipinski definition) is 1. The van der Waals surface area contributed by atoms with Gasteiger partial charge in [-0.05, 0) is 64.3 Å². The number of benzene rings is 2. The zero-order valence-corrected chi connectivity index (χ0v) is 23.8.